The minimum Gasteiger partial charge on any atom is -0.341 e. The lowest BCUT2D eigenvalue weighted by Gasteiger charge is -2.31. The number of rotatable bonds is 3. The van der Waals surface area contributed by atoms with Crippen molar-refractivity contribution in [3.05, 3.63) is 35.1 Å². The molecule has 3 nitrogen and oxygen atoms in total. The minimum atomic E-state index is -0.426. The number of piperidine rings is 1. The standard InChI is InChI=1S/C16H23FN2O/c1-12-4-5-14(15(17)10-12)16(20)19(3)11-13-6-8-18(2)9-7-13/h4-5,10,13H,6-9,11H2,1-3H3. The van der Waals surface area contributed by atoms with Gasteiger partial charge in [-0.25, -0.2) is 4.39 Å². The quantitative estimate of drug-likeness (QED) is 0.848. The van der Waals surface area contributed by atoms with Crippen LogP contribution in [0, 0.1) is 18.7 Å². The molecule has 1 amide bonds. The van der Waals surface area contributed by atoms with Crippen molar-refractivity contribution in [3.63, 3.8) is 0 Å². The fourth-order valence-corrected chi connectivity index (χ4v) is 2.71. The molecule has 0 spiro atoms. The second-order valence-electron chi connectivity index (χ2n) is 5.92. The van der Waals surface area contributed by atoms with Gasteiger partial charge >= 0.3 is 0 Å². The molecule has 1 aliphatic rings. The third kappa shape index (κ3) is 3.57. The number of carbonyl (C=O) groups is 1. The van der Waals surface area contributed by atoms with Crippen LogP contribution in [0.15, 0.2) is 18.2 Å². The third-order valence-electron chi connectivity index (χ3n) is 4.07. The molecule has 0 radical (unpaired) electrons. The number of halogens is 1. The van der Waals surface area contributed by atoms with E-state index in [2.05, 4.69) is 11.9 Å². The molecule has 0 N–H and O–H groups in total. The van der Waals surface area contributed by atoms with E-state index in [1.165, 1.54) is 6.07 Å². The Balaban J connectivity index is 1.98. The van der Waals surface area contributed by atoms with Crippen LogP contribution in [0.2, 0.25) is 0 Å². The van der Waals surface area contributed by atoms with Crippen molar-refractivity contribution in [3.8, 4) is 0 Å². The molecule has 0 saturated carbocycles. The summed E-state index contributed by atoms with van der Waals surface area (Å²) in [5.41, 5.74) is 1.00. The largest absolute Gasteiger partial charge is 0.341 e. The topological polar surface area (TPSA) is 23.6 Å². The van der Waals surface area contributed by atoms with Gasteiger partial charge in [0.1, 0.15) is 5.82 Å². The van der Waals surface area contributed by atoms with Gasteiger partial charge in [-0.1, -0.05) is 6.07 Å². The van der Waals surface area contributed by atoms with E-state index >= 15 is 0 Å². The smallest absolute Gasteiger partial charge is 0.256 e. The van der Waals surface area contributed by atoms with E-state index in [4.69, 9.17) is 0 Å². The molecule has 1 aromatic carbocycles. The normalized spacial score (nSPS) is 17.2. The van der Waals surface area contributed by atoms with Crippen molar-refractivity contribution < 1.29 is 9.18 Å². The minimum absolute atomic E-state index is 0.172. The highest BCUT2D eigenvalue weighted by molar-refractivity contribution is 5.94. The highest BCUT2D eigenvalue weighted by Gasteiger charge is 2.22. The van der Waals surface area contributed by atoms with Crippen LogP contribution < -0.4 is 0 Å². The van der Waals surface area contributed by atoms with Crippen LogP contribution in [0.1, 0.15) is 28.8 Å². The Morgan fingerprint density at radius 3 is 2.65 bits per heavy atom. The number of benzene rings is 1. The molecule has 1 heterocycles. The maximum atomic E-state index is 13.8. The van der Waals surface area contributed by atoms with Crippen LogP contribution >= 0.6 is 0 Å². The first-order valence-electron chi connectivity index (χ1n) is 7.17. The van der Waals surface area contributed by atoms with Crippen LogP contribution in [0.25, 0.3) is 0 Å². The average molecular weight is 278 g/mol. The highest BCUT2D eigenvalue weighted by Crippen LogP contribution is 2.18. The number of hydrogen-bond acceptors (Lipinski definition) is 2. The molecule has 2 rings (SSSR count). The van der Waals surface area contributed by atoms with Gasteiger partial charge in [0, 0.05) is 13.6 Å². The van der Waals surface area contributed by atoms with Gasteiger partial charge in [0.2, 0.25) is 0 Å². The Morgan fingerprint density at radius 1 is 1.40 bits per heavy atom. The summed E-state index contributed by atoms with van der Waals surface area (Å²) in [4.78, 5) is 16.3. The number of nitrogens with zero attached hydrogens (tertiary/aromatic N) is 2. The van der Waals surface area contributed by atoms with Crippen molar-refractivity contribution in [1.82, 2.24) is 9.80 Å². The SMILES string of the molecule is Cc1ccc(C(=O)N(C)CC2CCN(C)CC2)c(F)c1. The summed E-state index contributed by atoms with van der Waals surface area (Å²) in [6, 6.07) is 4.77. The molecule has 1 fully saturated rings. The predicted octanol–water partition coefficient (Wildman–Crippen LogP) is 2.55. The first kappa shape index (κ1) is 15.0. The summed E-state index contributed by atoms with van der Waals surface area (Å²) in [5.74, 6) is -0.125. The zero-order chi connectivity index (χ0) is 14.7. The van der Waals surface area contributed by atoms with Gasteiger partial charge in [-0.05, 0) is 63.5 Å². The molecule has 1 saturated heterocycles. The Morgan fingerprint density at radius 2 is 2.05 bits per heavy atom. The van der Waals surface area contributed by atoms with E-state index in [9.17, 15) is 9.18 Å². The van der Waals surface area contributed by atoms with Crippen LogP contribution in [0.5, 0.6) is 0 Å². The summed E-state index contributed by atoms with van der Waals surface area (Å²) in [6.07, 6.45) is 2.20. The number of carbonyl (C=O) groups excluding carboxylic acids is 1. The second kappa shape index (κ2) is 6.35. The van der Waals surface area contributed by atoms with E-state index < -0.39 is 5.82 Å². The monoisotopic (exact) mass is 278 g/mol. The van der Waals surface area contributed by atoms with Crippen LogP contribution in [0.3, 0.4) is 0 Å². The zero-order valence-corrected chi connectivity index (χ0v) is 12.5. The van der Waals surface area contributed by atoms with Gasteiger partial charge in [0.25, 0.3) is 5.91 Å². The molecule has 0 aliphatic carbocycles. The van der Waals surface area contributed by atoms with E-state index in [0.29, 0.717) is 12.5 Å². The summed E-state index contributed by atoms with van der Waals surface area (Å²) >= 11 is 0. The van der Waals surface area contributed by atoms with Crippen LogP contribution in [-0.4, -0.2) is 49.4 Å². The lowest BCUT2D eigenvalue weighted by molar-refractivity contribution is 0.0742. The fraction of sp³-hybridized carbons (Fsp3) is 0.562. The first-order chi connectivity index (χ1) is 9.47. The molecule has 0 unspecified atom stereocenters. The van der Waals surface area contributed by atoms with Crippen molar-refractivity contribution in [2.45, 2.75) is 19.8 Å². The summed E-state index contributed by atoms with van der Waals surface area (Å²) < 4.78 is 13.8. The molecule has 1 aliphatic heterocycles. The second-order valence-corrected chi connectivity index (χ2v) is 5.92. The number of hydrogen-bond donors (Lipinski definition) is 0. The van der Waals surface area contributed by atoms with Crippen LogP contribution in [-0.2, 0) is 0 Å². The van der Waals surface area contributed by atoms with Crippen molar-refractivity contribution in [1.29, 1.82) is 0 Å². The zero-order valence-electron chi connectivity index (χ0n) is 12.5. The van der Waals surface area contributed by atoms with E-state index in [1.807, 2.05) is 6.92 Å². The third-order valence-corrected chi connectivity index (χ3v) is 4.07. The van der Waals surface area contributed by atoms with Gasteiger partial charge in [-0.2, -0.15) is 0 Å². The van der Waals surface area contributed by atoms with Gasteiger partial charge in [-0.3, -0.25) is 4.79 Å². The number of likely N-dealkylation sites (tertiary alicyclic amines) is 1. The molecule has 0 aromatic heterocycles. The van der Waals surface area contributed by atoms with E-state index in [1.54, 1.807) is 24.1 Å². The lowest BCUT2D eigenvalue weighted by Crippen LogP contribution is -2.38. The van der Waals surface area contributed by atoms with Crippen LogP contribution in [0.4, 0.5) is 4.39 Å². The number of amides is 1. The molecule has 4 heteroatoms. The van der Waals surface area contributed by atoms with E-state index in [-0.39, 0.29) is 11.5 Å². The predicted molar refractivity (Wildman–Crippen MR) is 78.3 cm³/mol. The Kier molecular flexibility index (Phi) is 4.76. The Labute approximate surface area is 120 Å². The van der Waals surface area contributed by atoms with Crippen molar-refractivity contribution in [2.24, 2.45) is 5.92 Å². The molecular formula is C16H23FN2O. The molecule has 1 aromatic rings. The Bertz CT molecular complexity index is 481. The van der Waals surface area contributed by atoms with Gasteiger partial charge in [-0.15, -0.1) is 0 Å². The number of aryl methyl sites for hydroxylation is 1. The average Bonchev–Trinajstić information content (AvgIpc) is 2.40. The van der Waals surface area contributed by atoms with Gasteiger partial charge in [0.05, 0.1) is 5.56 Å². The molecule has 20 heavy (non-hydrogen) atoms. The first-order valence-corrected chi connectivity index (χ1v) is 7.17. The fourth-order valence-electron chi connectivity index (χ4n) is 2.71. The van der Waals surface area contributed by atoms with E-state index in [0.717, 1.165) is 31.5 Å². The van der Waals surface area contributed by atoms with Crippen molar-refractivity contribution >= 4 is 5.91 Å². The summed E-state index contributed by atoms with van der Waals surface area (Å²) in [5, 5.41) is 0. The maximum Gasteiger partial charge on any atom is 0.256 e. The molecule has 0 bridgehead atoms. The van der Waals surface area contributed by atoms with Gasteiger partial charge < -0.3 is 9.80 Å². The van der Waals surface area contributed by atoms with Gasteiger partial charge in [0.15, 0.2) is 0 Å². The molecule has 110 valence electrons. The molecular weight excluding hydrogens is 255 g/mol. The maximum absolute atomic E-state index is 13.8. The summed E-state index contributed by atoms with van der Waals surface area (Å²) in [6.45, 7) is 4.68. The summed E-state index contributed by atoms with van der Waals surface area (Å²) in [7, 11) is 3.88. The lowest BCUT2D eigenvalue weighted by atomic mass is 9.96. The Hall–Kier alpha value is -1.42. The molecule has 0 atom stereocenters. The highest BCUT2D eigenvalue weighted by atomic mass is 19.1. The van der Waals surface area contributed by atoms with Crippen molar-refractivity contribution in [2.75, 3.05) is 33.7 Å².